The molecule has 182 valence electrons. The standard InChI is InChI=1S/C30H37N5/c1-5-33(6-2)27-18-13-24(14-19-27)12-17-26-23-29(35(32-26)30-11-9-10-22-31-30)25-15-20-28(21-16-25)34(7-3)8-4/h9-22,29H,5-8,23H2,1-4H3/b17-12+. The number of anilines is 3. The van der Waals surface area contributed by atoms with E-state index < -0.39 is 0 Å². The van der Waals surface area contributed by atoms with Crippen molar-refractivity contribution in [3.8, 4) is 0 Å². The third-order valence-corrected chi connectivity index (χ3v) is 6.71. The van der Waals surface area contributed by atoms with Gasteiger partial charge in [0.05, 0.1) is 11.8 Å². The third kappa shape index (κ3) is 5.73. The summed E-state index contributed by atoms with van der Waals surface area (Å²) in [4.78, 5) is 9.31. The highest BCUT2D eigenvalue weighted by Crippen LogP contribution is 2.35. The van der Waals surface area contributed by atoms with E-state index in [9.17, 15) is 0 Å². The molecule has 0 amide bonds. The zero-order valence-electron chi connectivity index (χ0n) is 21.4. The summed E-state index contributed by atoms with van der Waals surface area (Å²) in [6.45, 7) is 12.8. The van der Waals surface area contributed by atoms with Crippen molar-refractivity contribution < 1.29 is 0 Å². The monoisotopic (exact) mass is 467 g/mol. The van der Waals surface area contributed by atoms with Gasteiger partial charge in [-0.05, 0) is 81.3 Å². The number of allylic oxidation sites excluding steroid dienone is 1. The van der Waals surface area contributed by atoms with E-state index >= 15 is 0 Å². The highest BCUT2D eigenvalue weighted by atomic mass is 15.5. The van der Waals surface area contributed by atoms with E-state index in [-0.39, 0.29) is 6.04 Å². The molecule has 1 aliphatic heterocycles. The molecule has 3 aromatic rings. The molecule has 0 saturated heterocycles. The van der Waals surface area contributed by atoms with Crippen molar-refractivity contribution in [1.29, 1.82) is 0 Å². The normalized spacial score (nSPS) is 15.5. The molecule has 0 bridgehead atoms. The summed E-state index contributed by atoms with van der Waals surface area (Å²) in [5, 5.41) is 7.04. The molecule has 1 atom stereocenters. The molecule has 1 aliphatic rings. The number of aromatic nitrogens is 1. The lowest BCUT2D eigenvalue weighted by Crippen LogP contribution is -2.22. The molecule has 35 heavy (non-hydrogen) atoms. The minimum Gasteiger partial charge on any atom is -0.372 e. The van der Waals surface area contributed by atoms with Gasteiger partial charge < -0.3 is 9.80 Å². The fraction of sp³-hybridized carbons (Fsp3) is 0.333. The Kier molecular flexibility index (Phi) is 8.19. The summed E-state index contributed by atoms with van der Waals surface area (Å²) in [5.74, 6) is 0.872. The smallest absolute Gasteiger partial charge is 0.149 e. The molecule has 2 heterocycles. The van der Waals surface area contributed by atoms with Crippen molar-refractivity contribution in [2.75, 3.05) is 41.0 Å². The Morgan fingerprint density at radius 1 is 0.771 bits per heavy atom. The van der Waals surface area contributed by atoms with E-state index in [1.54, 1.807) is 0 Å². The van der Waals surface area contributed by atoms with Crippen LogP contribution in [0.3, 0.4) is 0 Å². The molecule has 0 N–H and O–H groups in total. The Labute approximate surface area is 210 Å². The number of hydrogen-bond acceptors (Lipinski definition) is 5. The van der Waals surface area contributed by atoms with Crippen LogP contribution in [-0.2, 0) is 0 Å². The molecule has 0 spiro atoms. The van der Waals surface area contributed by atoms with Crippen molar-refractivity contribution >= 4 is 29.0 Å². The van der Waals surface area contributed by atoms with Crippen LogP contribution in [0, 0.1) is 0 Å². The van der Waals surface area contributed by atoms with Gasteiger partial charge in [-0.3, -0.25) is 0 Å². The summed E-state index contributed by atoms with van der Waals surface area (Å²) in [5.41, 5.74) is 6.01. The van der Waals surface area contributed by atoms with Crippen LogP contribution < -0.4 is 14.8 Å². The average molecular weight is 468 g/mol. The summed E-state index contributed by atoms with van der Waals surface area (Å²) in [7, 11) is 0. The molecule has 4 rings (SSSR count). The van der Waals surface area contributed by atoms with Gasteiger partial charge in [-0.2, -0.15) is 5.10 Å². The molecular formula is C30H37N5. The molecule has 0 fully saturated rings. The van der Waals surface area contributed by atoms with Gasteiger partial charge in [-0.25, -0.2) is 9.99 Å². The van der Waals surface area contributed by atoms with Crippen molar-refractivity contribution in [2.24, 2.45) is 5.10 Å². The largest absolute Gasteiger partial charge is 0.372 e. The predicted molar refractivity (Wildman–Crippen MR) is 151 cm³/mol. The molecule has 1 unspecified atom stereocenters. The summed E-state index contributed by atoms with van der Waals surface area (Å²) in [6.07, 6.45) is 6.98. The average Bonchev–Trinajstić information content (AvgIpc) is 3.35. The predicted octanol–water partition coefficient (Wildman–Crippen LogP) is 6.79. The molecule has 1 aromatic heterocycles. The number of hydrazone groups is 1. The van der Waals surface area contributed by atoms with Crippen molar-refractivity contribution in [3.05, 3.63) is 90.1 Å². The first kappa shape index (κ1) is 24.5. The van der Waals surface area contributed by atoms with Gasteiger partial charge in [0.15, 0.2) is 0 Å². The van der Waals surface area contributed by atoms with E-state index in [2.05, 4.69) is 108 Å². The Morgan fingerprint density at radius 2 is 1.37 bits per heavy atom. The lowest BCUT2D eigenvalue weighted by Gasteiger charge is -2.25. The zero-order chi connectivity index (χ0) is 24.6. The first-order valence-electron chi connectivity index (χ1n) is 12.8. The molecule has 5 heteroatoms. The highest BCUT2D eigenvalue weighted by Gasteiger charge is 2.29. The second-order valence-corrected chi connectivity index (χ2v) is 8.70. The minimum atomic E-state index is 0.125. The maximum absolute atomic E-state index is 4.98. The van der Waals surface area contributed by atoms with E-state index in [1.807, 2.05) is 24.4 Å². The Balaban J connectivity index is 1.55. The van der Waals surface area contributed by atoms with Crippen LogP contribution in [-0.4, -0.2) is 36.9 Å². The molecule has 5 nitrogen and oxygen atoms in total. The Hall–Kier alpha value is -3.60. The van der Waals surface area contributed by atoms with Crippen molar-refractivity contribution in [3.63, 3.8) is 0 Å². The second-order valence-electron chi connectivity index (χ2n) is 8.70. The van der Waals surface area contributed by atoms with Crippen LogP contribution in [0.4, 0.5) is 17.2 Å². The molecule has 2 aromatic carbocycles. The number of pyridine rings is 1. The first-order chi connectivity index (χ1) is 17.2. The second kappa shape index (κ2) is 11.7. The van der Waals surface area contributed by atoms with Gasteiger partial charge in [-0.15, -0.1) is 0 Å². The van der Waals surface area contributed by atoms with Crippen molar-refractivity contribution in [1.82, 2.24) is 4.98 Å². The Morgan fingerprint density at radius 3 is 1.91 bits per heavy atom. The van der Waals surface area contributed by atoms with Gasteiger partial charge in [0.25, 0.3) is 0 Å². The number of hydrogen-bond donors (Lipinski definition) is 0. The quantitative estimate of drug-likeness (QED) is 0.329. The maximum Gasteiger partial charge on any atom is 0.149 e. The molecule has 0 radical (unpaired) electrons. The van der Waals surface area contributed by atoms with Crippen LogP contribution in [0.15, 0.2) is 84.1 Å². The van der Waals surface area contributed by atoms with E-state index in [1.165, 1.54) is 22.5 Å². The van der Waals surface area contributed by atoms with Crippen LogP contribution in [0.5, 0.6) is 0 Å². The molecular weight excluding hydrogens is 430 g/mol. The maximum atomic E-state index is 4.98. The zero-order valence-corrected chi connectivity index (χ0v) is 21.4. The highest BCUT2D eigenvalue weighted by molar-refractivity contribution is 6.01. The van der Waals surface area contributed by atoms with Gasteiger partial charge in [-0.1, -0.05) is 36.4 Å². The van der Waals surface area contributed by atoms with Gasteiger partial charge in [0, 0.05) is 50.2 Å². The minimum absolute atomic E-state index is 0.125. The lowest BCUT2D eigenvalue weighted by atomic mass is 10.0. The van der Waals surface area contributed by atoms with Gasteiger partial charge >= 0.3 is 0 Å². The summed E-state index contributed by atoms with van der Waals surface area (Å²) < 4.78 is 0. The lowest BCUT2D eigenvalue weighted by molar-refractivity contribution is 0.698. The number of nitrogens with zero attached hydrogens (tertiary/aromatic N) is 5. The summed E-state index contributed by atoms with van der Waals surface area (Å²) >= 11 is 0. The molecule has 0 aliphatic carbocycles. The Bertz CT molecular complexity index is 1110. The van der Waals surface area contributed by atoms with Gasteiger partial charge in [0.2, 0.25) is 0 Å². The fourth-order valence-electron chi connectivity index (χ4n) is 4.67. The molecule has 0 saturated carbocycles. The van der Waals surface area contributed by atoms with E-state index in [0.717, 1.165) is 44.1 Å². The van der Waals surface area contributed by atoms with Crippen LogP contribution in [0.25, 0.3) is 6.08 Å². The SMILES string of the molecule is CCN(CC)c1ccc(/C=C/C2=NN(c3ccccn3)C(c3ccc(N(CC)CC)cc3)C2)cc1. The first-order valence-corrected chi connectivity index (χ1v) is 12.8. The topological polar surface area (TPSA) is 35.0 Å². The third-order valence-electron chi connectivity index (χ3n) is 6.71. The summed E-state index contributed by atoms with van der Waals surface area (Å²) in [6, 6.07) is 23.8. The van der Waals surface area contributed by atoms with Crippen LogP contribution in [0.1, 0.15) is 51.3 Å². The van der Waals surface area contributed by atoms with Gasteiger partial charge in [0.1, 0.15) is 5.82 Å². The van der Waals surface area contributed by atoms with Crippen LogP contribution in [0.2, 0.25) is 0 Å². The number of benzene rings is 2. The van der Waals surface area contributed by atoms with E-state index in [4.69, 9.17) is 5.10 Å². The number of rotatable bonds is 10. The van der Waals surface area contributed by atoms with E-state index in [0.29, 0.717) is 0 Å². The van der Waals surface area contributed by atoms with Crippen molar-refractivity contribution in [2.45, 2.75) is 40.2 Å². The van der Waals surface area contributed by atoms with Crippen LogP contribution >= 0.6 is 0 Å². The fourth-order valence-corrected chi connectivity index (χ4v) is 4.67.